The molecule has 0 aliphatic carbocycles. The van der Waals surface area contributed by atoms with E-state index < -0.39 is 32.3 Å². The number of amides is 1. The van der Waals surface area contributed by atoms with Crippen molar-refractivity contribution in [3.8, 4) is 0 Å². The number of hydrogen-bond donors (Lipinski definition) is 0. The summed E-state index contributed by atoms with van der Waals surface area (Å²) in [6, 6.07) is 22.1. The predicted octanol–water partition coefficient (Wildman–Crippen LogP) is 4.22. The van der Waals surface area contributed by atoms with Crippen molar-refractivity contribution in [2.75, 3.05) is 0 Å². The zero-order chi connectivity index (χ0) is 22.2. The molecule has 7 nitrogen and oxygen atoms in total. The van der Waals surface area contributed by atoms with Crippen LogP contribution in [0.1, 0.15) is 30.5 Å². The van der Waals surface area contributed by atoms with Gasteiger partial charge < -0.3 is 0 Å². The molecular weight excluding hydrogens is 416 g/mol. The minimum atomic E-state index is -4.22. The van der Waals surface area contributed by atoms with Gasteiger partial charge in [0.1, 0.15) is 5.41 Å². The number of carbonyl (C=O) groups is 1. The number of nitrogens with zero attached hydrogens (tertiary/aromatic N) is 2. The van der Waals surface area contributed by atoms with Crippen molar-refractivity contribution in [2.45, 2.75) is 29.7 Å². The maximum Gasteiger partial charge on any atom is 0.269 e. The van der Waals surface area contributed by atoms with Gasteiger partial charge >= 0.3 is 0 Å². The maximum atomic E-state index is 13.5. The molecule has 0 unspecified atom stereocenters. The fourth-order valence-electron chi connectivity index (χ4n) is 4.29. The van der Waals surface area contributed by atoms with E-state index in [1.54, 1.807) is 12.1 Å². The summed E-state index contributed by atoms with van der Waals surface area (Å²) in [6.07, 6.45) is 0.418. The van der Waals surface area contributed by atoms with Crippen LogP contribution in [0.3, 0.4) is 0 Å². The van der Waals surface area contributed by atoms with Gasteiger partial charge in [0.15, 0.2) is 0 Å². The Balaban J connectivity index is 1.86. The third kappa shape index (κ3) is 3.11. The van der Waals surface area contributed by atoms with E-state index in [1.807, 2.05) is 55.5 Å². The lowest BCUT2D eigenvalue weighted by atomic mass is 9.63. The van der Waals surface area contributed by atoms with Crippen LogP contribution in [-0.4, -0.2) is 23.6 Å². The van der Waals surface area contributed by atoms with E-state index in [0.29, 0.717) is 12.0 Å². The van der Waals surface area contributed by atoms with Crippen LogP contribution in [-0.2, 0) is 20.2 Å². The lowest BCUT2D eigenvalue weighted by Crippen LogP contribution is -2.67. The van der Waals surface area contributed by atoms with Crippen molar-refractivity contribution >= 4 is 21.6 Å². The second kappa shape index (κ2) is 7.63. The summed E-state index contributed by atoms with van der Waals surface area (Å²) in [7, 11) is -4.22. The van der Waals surface area contributed by atoms with Crippen molar-refractivity contribution in [1.82, 2.24) is 4.31 Å². The SMILES string of the molecule is CC[C@]1(c2ccccc2)C(=O)N(S(=O)(=O)c2ccc([N+](=O)[O-])cc2)[C@H]1c1ccccc1. The summed E-state index contributed by atoms with van der Waals surface area (Å²) in [4.78, 5) is 23.7. The zero-order valence-electron chi connectivity index (χ0n) is 16.7. The summed E-state index contributed by atoms with van der Waals surface area (Å²) < 4.78 is 27.8. The van der Waals surface area contributed by atoms with Gasteiger partial charge in [-0.25, -0.2) is 12.7 Å². The third-order valence-electron chi connectivity index (χ3n) is 5.85. The first kappa shape index (κ1) is 20.7. The zero-order valence-corrected chi connectivity index (χ0v) is 17.5. The number of nitro groups is 1. The molecule has 8 heteroatoms. The van der Waals surface area contributed by atoms with Crippen LogP contribution >= 0.6 is 0 Å². The molecule has 1 aliphatic heterocycles. The highest BCUT2D eigenvalue weighted by molar-refractivity contribution is 7.89. The summed E-state index contributed by atoms with van der Waals surface area (Å²) in [5.41, 5.74) is 0.224. The maximum absolute atomic E-state index is 13.5. The standard InChI is InChI=1S/C23H20N2O5S/c1-2-23(18-11-7-4-8-12-18)21(17-9-5-3-6-10-17)24(22(23)26)31(29,30)20-15-13-19(14-16-20)25(27)28/h3-16,21H,2H2,1H3/t21-,23+/m0/s1. The fourth-order valence-corrected chi connectivity index (χ4v) is 5.95. The molecule has 0 N–H and O–H groups in total. The molecule has 0 saturated carbocycles. The minimum absolute atomic E-state index is 0.162. The van der Waals surface area contributed by atoms with Crippen molar-refractivity contribution < 1.29 is 18.1 Å². The van der Waals surface area contributed by atoms with Crippen LogP contribution in [0.5, 0.6) is 0 Å². The Kier molecular flexibility index (Phi) is 5.10. The number of benzene rings is 3. The van der Waals surface area contributed by atoms with E-state index in [1.165, 1.54) is 0 Å². The molecule has 0 bridgehead atoms. The molecule has 1 fully saturated rings. The molecule has 31 heavy (non-hydrogen) atoms. The molecule has 1 aliphatic rings. The molecule has 2 atom stereocenters. The molecule has 0 radical (unpaired) electrons. The number of sulfonamides is 1. The second-order valence-corrected chi connectivity index (χ2v) is 9.18. The number of rotatable bonds is 6. The topological polar surface area (TPSA) is 97.6 Å². The van der Waals surface area contributed by atoms with E-state index in [-0.39, 0.29) is 10.6 Å². The number of non-ortho nitro benzene ring substituents is 1. The minimum Gasteiger partial charge on any atom is -0.273 e. The van der Waals surface area contributed by atoms with Crippen molar-refractivity contribution in [2.24, 2.45) is 0 Å². The van der Waals surface area contributed by atoms with Gasteiger partial charge in [-0.3, -0.25) is 14.9 Å². The van der Waals surface area contributed by atoms with E-state index in [2.05, 4.69) is 0 Å². The van der Waals surface area contributed by atoms with Gasteiger partial charge in [0.25, 0.3) is 15.7 Å². The Morgan fingerprint density at radius 3 is 2.00 bits per heavy atom. The molecule has 1 heterocycles. The largest absolute Gasteiger partial charge is 0.273 e. The Morgan fingerprint density at radius 1 is 0.935 bits per heavy atom. The van der Waals surface area contributed by atoms with Gasteiger partial charge in [-0.15, -0.1) is 0 Å². The van der Waals surface area contributed by atoms with Crippen LogP contribution in [0.2, 0.25) is 0 Å². The fraction of sp³-hybridized carbons (Fsp3) is 0.174. The van der Waals surface area contributed by atoms with Crippen LogP contribution in [0.25, 0.3) is 0 Å². The summed E-state index contributed by atoms with van der Waals surface area (Å²) in [6.45, 7) is 1.87. The predicted molar refractivity (Wildman–Crippen MR) is 115 cm³/mol. The van der Waals surface area contributed by atoms with E-state index >= 15 is 0 Å². The average molecular weight is 436 g/mol. The Labute approximate surface area is 180 Å². The van der Waals surface area contributed by atoms with Gasteiger partial charge in [-0.2, -0.15) is 0 Å². The summed E-state index contributed by atoms with van der Waals surface area (Å²) >= 11 is 0. The van der Waals surface area contributed by atoms with Crippen LogP contribution in [0.4, 0.5) is 5.69 Å². The molecule has 1 saturated heterocycles. The molecule has 1 amide bonds. The Hall–Kier alpha value is -3.52. The van der Waals surface area contributed by atoms with Gasteiger partial charge in [0.05, 0.1) is 15.9 Å². The van der Waals surface area contributed by atoms with Crippen LogP contribution < -0.4 is 0 Å². The number of nitro benzene ring substituents is 1. The van der Waals surface area contributed by atoms with Crippen LogP contribution in [0.15, 0.2) is 89.8 Å². The van der Waals surface area contributed by atoms with Gasteiger partial charge in [0.2, 0.25) is 5.91 Å². The van der Waals surface area contributed by atoms with Crippen molar-refractivity contribution in [3.05, 3.63) is 106 Å². The summed E-state index contributed by atoms with van der Waals surface area (Å²) in [5.74, 6) is -0.506. The third-order valence-corrected chi connectivity index (χ3v) is 7.61. The Bertz CT molecular complexity index is 1230. The number of hydrogen-bond acceptors (Lipinski definition) is 5. The quantitative estimate of drug-likeness (QED) is 0.327. The number of carbonyl (C=O) groups excluding carboxylic acids is 1. The Morgan fingerprint density at radius 2 is 1.48 bits per heavy atom. The van der Waals surface area contributed by atoms with Gasteiger partial charge in [-0.1, -0.05) is 67.6 Å². The first-order valence-corrected chi connectivity index (χ1v) is 11.2. The van der Waals surface area contributed by atoms with Crippen molar-refractivity contribution in [3.63, 3.8) is 0 Å². The summed E-state index contributed by atoms with van der Waals surface area (Å²) in [5, 5.41) is 10.9. The molecule has 3 aromatic carbocycles. The van der Waals surface area contributed by atoms with E-state index in [4.69, 9.17) is 0 Å². The van der Waals surface area contributed by atoms with E-state index in [0.717, 1.165) is 34.1 Å². The van der Waals surface area contributed by atoms with Crippen LogP contribution in [0, 0.1) is 10.1 Å². The highest BCUT2D eigenvalue weighted by atomic mass is 32.2. The van der Waals surface area contributed by atoms with Crippen molar-refractivity contribution in [1.29, 1.82) is 0 Å². The lowest BCUT2D eigenvalue weighted by Gasteiger charge is -2.55. The lowest BCUT2D eigenvalue weighted by molar-refractivity contribution is -0.384. The first-order valence-electron chi connectivity index (χ1n) is 9.78. The average Bonchev–Trinajstić information content (AvgIpc) is 2.79. The highest BCUT2D eigenvalue weighted by Gasteiger charge is 2.65. The smallest absolute Gasteiger partial charge is 0.269 e. The van der Waals surface area contributed by atoms with E-state index in [9.17, 15) is 23.3 Å². The molecule has 4 rings (SSSR count). The molecule has 0 aromatic heterocycles. The molecular formula is C23H20N2O5S. The first-order chi connectivity index (χ1) is 14.8. The monoisotopic (exact) mass is 436 g/mol. The molecule has 158 valence electrons. The van der Waals surface area contributed by atoms with Gasteiger partial charge in [0, 0.05) is 12.1 Å². The van der Waals surface area contributed by atoms with Gasteiger partial charge in [-0.05, 0) is 29.7 Å². The second-order valence-electron chi connectivity index (χ2n) is 7.36. The normalized spacial score (nSPS) is 20.9. The molecule has 0 spiro atoms. The number of β-lactam (4-membered cyclic amide) rings is 1. The highest BCUT2D eigenvalue weighted by Crippen LogP contribution is 2.55. The molecule has 3 aromatic rings.